The van der Waals surface area contributed by atoms with Crippen molar-refractivity contribution >= 4 is 13.9 Å². The van der Waals surface area contributed by atoms with Gasteiger partial charge in [0.1, 0.15) is 0 Å². The van der Waals surface area contributed by atoms with Crippen LogP contribution in [0.4, 0.5) is 0 Å². The van der Waals surface area contributed by atoms with Crippen LogP contribution in [0.2, 0.25) is 19.6 Å². The summed E-state index contributed by atoms with van der Waals surface area (Å²) in [7, 11) is 0.609. The molecular weight excluding hydrogens is 242 g/mol. The Morgan fingerprint density at radius 2 is 1.72 bits per heavy atom. The van der Waals surface area contributed by atoms with E-state index in [0.717, 1.165) is 31.3 Å². The molecule has 2 unspecified atom stereocenters. The standard InChI is InChI=1S/C14H25NO2Si/c1-10(18(3,4)5)14(16)11-6-12-8-17-9-13(7-11)15(12)2/h11-13H,1,6-9H2,2-5H3. The first-order chi connectivity index (χ1) is 8.30. The fraction of sp³-hybridized carbons (Fsp3) is 0.786. The number of carbonyl (C=O) groups excluding carboxylic acids is 1. The van der Waals surface area contributed by atoms with Gasteiger partial charge >= 0.3 is 0 Å². The number of piperidine rings is 1. The van der Waals surface area contributed by atoms with Crippen LogP contribution < -0.4 is 0 Å². The van der Waals surface area contributed by atoms with Gasteiger partial charge in [-0.2, -0.15) is 0 Å². The summed E-state index contributed by atoms with van der Waals surface area (Å²) in [6.45, 7) is 12.2. The maximum absolute atomic E-state index is 12.6. The van der Waals surface area contributed by atoms with Gasteiger partial charge in [-0.3, -0.25) is 9.69 Å². The van der Waals surface area contributed by atoms with E-state index in [9.17, 15) is 4.79 Å². The first-order valence-electron chi connectivity index (χ1n) is 6.84. The molecule has 2 rings (SSSR count). The Morgan fingerprint density at radius 3 is 2.17 bits per heavy atom. The topological polar surface area (TPSA) is 29.5 Å². The van der Waals surface area contributed by atoms with E-state index in [1.54, 1.807) is 0 Å². The van der Waals surface area contributed by atoms with Crippen LogP contribution in [0.25, 0.3) is 0 Å². The van der Waals surface area contributed by atoms with Crippen LogP contribution in [0.1, 0.15) is 12.8 Å². The Morgan fingerprint density at radius 1 is 1.22 bits per heavy atom. The predicted molar refractivity (Wildman–Crippen MR) is 76.4 cm³/mol. The highest BCUT2D eigenvalue weighted by atomic mass is 28.3. The lowest BCUT2D eigenvalue weighted by Crippen LogP contribution is -2.56. The second-order valence-electron chi connectivity index (χ2n) is 6.77. The average Bonchev–Trinajstić information content (AvgIpc) is 2.25. The number of rotatable bonds is 3. The molecule has 0 radical (unpaired) electrons. The van der Waals surface area contributed by atoms with Crippen molar-refractivity contribution in [3.63, 3.8) is 0 Å². The van der Waals surface area contributed by atoms with Crippen molar-refractivity contribution < 1.29 is 9.53 Å². The Labute approximate surface area is 111 Å². The number of hydrogen-bond acceptors (Lipinski definition) is 3. The third-order valence-electron chi connectivity index (χ3n) is 4.46. The molecule has 2 fully saturated rings. The fourth-order valence-electron chi connectivity index (χ4n) is 2.93. The third-order valence-corrected chi connectivity index (χ3v) is 6.52. The first-order valence-corrected chi connectivity index (χ1v) is 10.3. The van der Waals surface area contributed by atoms with Gasteiger partial charge in [0.25, 0.3) is 0 Å². The number of fused-ring (bicyclic) bond motifs is 2. The van der Waals surface area contributed by atoms with E-state index in [0.29, 0.717) is 17.9 Å². The lowest BCUT2D eigenvalue weighted by molar-refractivity contribution is -0.126. The molecule has 2 heterocycles. The normalized spacial score (nSPS) is 33.2. The van der Waals surface area contributed by atoms with Crippen LogP contribution in [-0.2, 0) is 9.53 Å². The summed E-state index contributed by atoms with van der Waals surface area (Å²) in [5.41, 5.74) is 0. The van der Waals surface area contributed by atoms with Gasteiger partial charge in [-0.05, 0) is 25.1 Å². The van der Waals surface area contributed by atoms with Crippen LogP contribution in [0, 0.1) is 5.92 Å². The minimum absolute atomic E-state index is 0.180. The maximum atomic E-state index is 12.6. The molecule has 0 aromatic carbocycles. The Bertz CT molecular complexity index is 347. The number of allylic oxidation sites excluding steroid dienone is 1. The Kier molecular flexibility index (Phi) is 3.81. The molecule has 0 N–H and O–H groups in total. The van der Waals surface area contributed by atoms with Gasteiger partial charge in [0.05, 0.1) is 21.3 Å². The highest BCUT2D eigenvalue weighted by Crippen LogP contribution is 2.33. The van der Waals surface area contributed by atoms with Crippen molar-refractivity contribution in [1.29, 1.82) is 0 Å². The second kappa shape index (κ2) is 4.91. The van der Waals surface area contributed by atoms with E-state index in [1.165, 1.54) is 0 Å². The van der Waals surface area contributed by atoms with Crippen molar-refractivity contribution in [2.75, 3.05) is 20.3 Å². The number of carbonyl (C=O) groups is 1. The molecule has 4 heteroatoms. The zero-order chi connectivity index (χ0) is 13.5. The number of likely N-dealkylation sites (N-methyl/N-ethyl adjacent to an activating group) is 1. The summed E-state index contributed by atoms with van der Waals surface area (Å²) in [5, 5.41) is 0.913. The molecule has 2 atom stereocenters. The van der Waals surface area contributed by atoms with Gasteiger partial charge in [0, 0.05) is 18.0 Å². The van der Waals surface area contributed by atoms with Crippen molar-refractivity contribution in [2.24, 2.45) is 5.92 Å². The fourth-order valence-corrected chi connectivity index (χ4v) is 3.87. The summed E-state index contributed by atoms with van der Waals surface area (Å²) in [6.07, 6.45) is 1.88. The molecule has 0 aliphatic carbocycles. The smallest absolute Gasteiger partial charge is 0.157 e. The van der Waals surface area contributed by atoms with E-state index in [4.69, 9.17) is 4.74 Å². The van der Waals surface area contributed by atoms with Crippen LogP contribution >= 0.6 is 0 Å². The second-order valence-corrected chi connectivity index (χ2v) is 11.9. The van der Waals surface area contributed by atoms with Crippen LogP contribution in [0.15, 0.2) is 11.8 Å². The minimum Gasteiger partial charge on any atom is -0.378 e. The van der Waals surface area contributed by atoms with E-state index >= 15 is 0 Å². The predicted octanol–water partition coefficient (Wildman–Crippen LogP) is 2.10. The number of morpholine rings is 1. The van der Waals surface area contributed by atoms with Crippen molar-refractivity contribution in [2.45, 2.75) is 44.6 Å². The third kappa shape index (κ3) is 2.60. The van der Waals surface area contributed by atoms with Crippen molar-refractivity contribution in [3.8, 4) is 0 Å². The molecule has 3 nitrogen and oxygen atoms in total. The zero-order valence-electron chi connectivity index (χ0n) is 12.0. The maximum Gasteiger partial charge on any atom is 0.157 e. The number of hydrogen-bond donors (Lipinski definition) is 0. The molecule has 0 saturated carbocycles. The van der Waals surface area contributed by atoms with Gasteiger partial charge in [-0.1, -0.05) is 26.2 Å². The molecule has 2 saturated heterocycles. The van der Waals surface area contributed by atoms with Crippen molar-refractivity contribution in [1.82, 2.24) is 4.90 Å². The highest BCUT2D eigenvalue weighted by molar-refractivity contribution is 6.87. The summed E-state index contributed by atoms with van der Waals surface area (Å²) in [6, 6.07) is 0.835. The minimum atomic E-state index is -1.55. The zero-order valence-corrected chi connectivity index (χ0v) is 13.0. The lowest BCUT2D eigenvalue weighted by Gasteiger charge is -2.46. The average molecular weight is 267 g/mol. The molecule has 2 bridgehead atoms. The molecule has 18 heavy (non-hydrogen) atoms. The molecule has 102 valence electrons. The number of ketones is 1. The molecule has 0 spiro atoms. The molecule has 2 aliphatic rings. The number of ether oxygens (including phenoxy) is 1. The van der Waals surface area contributed by atoms with Gasteiger partial charge in [-0.15, -0.1) is 0 Å². The highest BCUT2D eigenvalue weighted by Gasteiger charge is 2.41. The van der Waals surface area contributed by atoms with Gasteiger partial charge in [0.2, 0.25) is 0 Å². The quantitative estimate of drug-likeness (QED) is 0.579. The van der Waals surface area contributed by atoms with Crippen LogP contribution in [0.5, 0.6) is 0 Å². The Balaban J connectivity index is 2.07. The van der Waals surface area contributed by atoms with E-state index < -0.39 is 8.07 Å². The molecule has 0 aromatic rings. The van der Waals surface area contributed by atoms with Crippen LogP contribution in [-0.4, -0.2) is 51.1 Å². The molecule has 2 aliphatic heterocycles. The molecular formula is C14H25NO2Si. The lowest BCUT2D eigenvalue weighted by atomic mass is 9.83. The summed E-state index contributed by atoms with van der Waals surface area (Å²) in [4.78, 5) is 15.0. The van der Waals surface area contributed by atoms with Gasteiger partial charge in [0.15, 0.2) is 5.78 Å². The SMILES string of the molecule is C=C(C(=O)C1CC2COCC(C1)N2C)[Si](C)(C)C. The summed E-state index contributed by atoms with van der Waals surface area (Å²) < 4.78 is 5.60. The van der Waals surface area contributed by atoms with E-state index in [-0.39, 0.29) is 5.92 Å². The Hall–Kier alpha value is -0.453. The van der Waals surface area contributed by atoms with Crippen LogP contribution in [0.3, 0.4) is 0 Å². The molecule has 0 aromatic heterocycles. The molecule has 0 amide bonds. The first kappa shape index (κ1) is 14.0. The van der Waals surface area contributed by atoms with Crippen molar-refractivity contribution in [3.05, 3.63) is 11.8 Å². The monoisotopic (exact) mass is 267 g/mol. The summed E-state index contributed by atoms with van der Waals surface area (Å²) >= 11 is 0. The number of Topliss-reactive ketones (excluding diaryl/α,β-unsaturated/α-hetero) is 1. The van der Waals surface area contributed by atoms with E-state index in [1.807, 2.05) is 0 Å². The summed E-state index contributed by atoms with van der Waals surface area (Å²) in [5.74, 6) is 0.512. The van der Waals surface area contributed by atoms with E-state index in [2.05, 4.69) is 38.2 Å². The largest absolute Gasteiger partial charge is 0.378 e. The number of nitrogens with zero attached hydrogens (tertiary/aromatic N) is 1. The van der Waals surface area contributed by atoms with Gasteiger partial charge < -0.3 is 4.74 Å². The van der Waals surface area contributed by atoms with Gasteiger partial charge in [-0.25, -0.2) is 0 Å².